The van der Waals surface area contributed by atoms with Crippen LogP contribution >= 0.6 is 0 Å². The molecule has 2 aromatic carbocycles. The van der Waals surface area contributed by atoms with E-state index >= 15 is 0 Å². The number of fused-ring (bicyclic) bond motifs is 2. The average Bonchev–Trinajstić information content (AvgIpc) is 3.59. The number of ketones is 1. The summed E-state index contributed by atoms with van der Waals surface area (Å²) in [5.74, 6) is 0.836. The quantitative estimate of drug-likeness (QED) is 0.0813. The number of benzene rings is 2. The van der Waals surface area contributed by atoms with Gasteiger partial charge in [0.1, 0.15) is 5.76 Å². The Labute approximate surface area is 319 Å². The molecule has 0 fully saturated rings. The molecule has 0 unspecified atom stereocenters. The van der Waals surface area contributed by atoms with E-state index in [2.05, 4.69) is 83.1 Å². The minimum absolute atomic E-state index is 0. The molecule has 51 heavy (non-hydrogen) atoms. The maximum absolute atomic E-state index is 12.2. The zero-order valence-corrected chi connectivity index (χ0v) is 34.9. The number of aliphatic hydroxyl groups excluding tert-OH is 1. The third-order valence-electron chi connectivity index (χ3n) is 10.7. The second-order valence-corrected chi connectivity index (χ2v) is 15.7. The van der Waals surface area contributed by atoms with Crippen LogP contribution in [0, 0.1) is 22.8 Å². The topological polar surface area (TPSA) is 76.2 Å². The van der Waals surface area contributed by atoms with E-state index in [1.165, 1.54) is 22.6 Å². The minimum Gasteiger partial charge on any atom is -0.512 e. The predicted molar refractivity (Wildman–Crippen MR) is 209 cm³/mol. The molecule has 5 aromatic rings. The van der Waals surface area contributed by atoms with Crippen molar-refractivity contribution in [3.8, 4) is 22.5 Å². The molecule has 5 rings (SSSR count). The molecule has 0 saturated heterocycles. The van der Waals surface area contributed by atoms with E-state index in [1.807, 2.05) is 59.9 Å². The van der Waals surface area contributed by atoms with Crippen LogP contribution in [0.1, 0.15) is 113 Å². The molecule has 1 N–H and O–H groups in total. The van der Waals surface area contributed by atoms with Crippen LogP contribution in [0.3, 0.4) is 0 Å². The normalized spacial score (nSPS) is 12.5. The average molecular weight is 866 g/mol. The first-order chi connectivity index (χ1) is 23.6. The van der Waals surface area contributed by atoms with Gasteiger partial charge in [0.15, 0.2) is 5.78 Å². The van der Waals surface area contributed by atoms with Crippen LogP contribution in [0.4, 0.5) is 0 Å². The summed E-state index contributed by atoms with van der Waals surface area (Å²) in [6, 6.07) is 22.6. The number of hydrogen-bond donors (Lipinski definition) is 1. The van der Waals surface area contributed by atoms with Crippen molar-refractivity contribution in [2.24, 2.45) is 16.7 Å². The molecule has 3 aromatic heterocycles. The molecular weight excluding hydrogens is 809 g/mol. The molecule has 0 aliphatic carbocycles. The number of furan rings is 1. The van der Waals surface area contributed by atoms with Crippen molar-refractivity contribution < 1.29 is 34.4 Å². The van der Waals surface area contributed by atoms with Gasteiger partial charge in [-0.3, -0.25) is 9.78 Å². The molecule has 0 amide bonds. The molecule has 0 spiro atoms. The fraction of sp³-hybridized carbons (Fsp3) is 0.444. The van der Waals surface area contributed by atoms with Gasteiger partial charge >= 0.3 is 0 Å². The third kappa shape index (κ3) is 9.64. The van der Waals surface area contributed by atoms with Gasteiger partial charge in [-0.15, -0.1) is 29.1 Å². The van der Waals surface area contributed by atoms with E-state index in [0.717, 1.165) is 65.4 Å². The maximum atomic E-state index is 12.2. The van der Waals surface area contributed by atoms with Gasteiger partial charge < -0.3 is 9.52 Å². The number of aliphatic hydroxyl groups is 1. The first-order valence-electron chi connectivity index (χ1n) is 18.3. The standard InChI is InChI=1S/C30H29N2O.C15H28O2.Ir/c1-19(2)14-22-18-28(32-29-25(22)11-13-33-29)21-10-12-31-27(17-21)23-15-20-8-6-7-9-24(20)26(16-23)30(3,4)5;1-7-14(5,8-2)12(16)11-13(17)15(6,9-3)10-4;/h6-13,16-19H,14H2,1-5H3;11,16H,7-10H2,1-6H3;/q-1;;/b;12-11-;. The van der Waals surface area contributed by atoms with E-state index in [0.29, 0.717) is 11.6 Å². The maximum Gasteiger partial charge on any atom is 0.226 e. The van der Waals surface area contributed by atoms with Gasteiger partial charge in [0.05, 0.1) is 12.0 Å². The predicted octanol–water partition coefficient (Wildman–Crippen LogP) is 12.7. The molecule has 3 heterocycles. The Hall–Kier alpha value is -3.60. The van der Waals surface area contributed by atoms with Crippen LogP contribution in [-0.4, -0.2) is 20.9 Å². The Balaban J connectivity index is 0.000000335. The number of aromatic nitrogens is 2. The van der Waals surface area contributed by atoms with Gasteiger partial charge in [0, 0.05) is 54.3 Å². The summed E-state index contributed by atoms with van der Waals surface area (Å²) in [4.78, 5) is 21.7. The molecule has 0 saturated carbocycles. The van der Waals surface area contributed by atoms with Gasteiger partial charge in [-0.05, 0) is 72.8 Å². The smallest absolute Gasteiger partial charge is 0.226 e. The molecule has 0 aliphatic rings. The van der Waals surface area contributed by atoms with Crippen molar-refractivity contribution in [1.82, 2.24) is 9.97 Å². The molecule has 6 heteroatoms. The summed E-state index contributed by atoms with van der Waals surface area (Å²) in [7, 11) is 0. The van der Waals surface area contributed by atoms with Crippen LogP contribution < -0.4 is 0 Å². The van der Waals surface area contributed by atoms with E-state index in [4.69, 9.17) is 14.4 Å². The first kappa shape index (κ1) is 41.8. The van der Waals surface area contributed by atoms with Gasteiger partial charge in [-0.1, -0.05) is 111 Å². The van der Waals surface area contributed by atoms with Crippen LogP contribution in [0.2, 0.25) is 0 Å². The summed E-state index contributed by atoms with van der Waals surface area (Å²) in [5.41, 5.74) is 6.51. The zero-order valence-electron chi connectivity index (χ0n) is 32.5. The van der Waals surface area contributed by atoms with Crippen LogP contribution in [0.5, 0.6) is 0 Å². The second kappa shape index (κ2) is 17.3. The number of pyridine rings is 2. The molecule has 5 nitrogen and oxygen atoms in total. The van der Waals surface area contributed by atoms with Crippen LogP contribution in [0.25, 0.3) is 44.4 Å². The fourth-order valence-electron chi connectivity index (χ4n) is 6.18. The molecule has 0 aliphatic heterocycles. The fourth-order valence-corrected chi connectivity index (χ4v) is 6.18. The van der Waals surface area contributed by atoms with E-state index in [9.17, 15) is 9.90 Å². The van der Waals surface area contributed by atoms with Gasteiger partial charge in [-0.2, -0.15) is 0 Å². The molecule has 275 valence electrons. The van der Waals surface area contributed by atoms with Crippen molar-refractivity contribution in [3.05, 3.63) is 96.1 Å². The zero-order chi connectivity index (χ0) is 36.9. The van der Waals surface area contributed by atoms with Gasteiger partial charge in [-0.25, -0.2) is 4.98 Å². The van der Waals surface area contributed by atoms with Gasteiger partial charge in [0.25, 0.3) is 0 Å². The minimum atomic E-state index is -0.337. The second-order valence-electron chi connectivity index (χ2n) is 15.7. The molecule has 0 atom stereocenters. The Bertz CT molecular complexity index is 1960. The summed E-state index contributed by atoms with van der Waals surface area (Å²) in [5, 5.41) is 13.6. The number of carbonyl (C=O) groups is 1. The third-order valence-corrected chi connectivity index (χ3v) is 10.7. The van der Waals surface area contributed by atoms with E-state index in [-0.39, 0.29) is 47.9 Å². The molecular formula is C45H57IrN2O3-. The first-order valence-corrected chi connectivity index (χ1v) is 18.3. The van der Waals surface area contributed by atoms with E-state index in [1.54, 1.807) is 6.26 Å². The van der Waals surface area contributed by atoms with Crippen LogP contribution in [-0.2, 0) is 36.7 Å². The van der Waals surface area contributed by atoms with Crippen LogP contribution in [0.15, 0.2) is 83.3 Å². The molecule has 0 bridgehead atoms. The largest absolute Gasteiger partial charge is 0.512 e. The Kier molecular flexibility index (Phi) is 14.2. The summed E-state index contributed by atoms with van der Waals surface area (Å²) in [6.45, 7) is 23.3. The van der Waals surface area contributed by atoms with Crippen molar-refractivity contribution in [2.45, 2.75) is 114 Å². The summed E-state index contributed by atoms with van der Waals surface area (Å²) in [6.07, 6.45) is 9.32. The van der Waals surface area contributed by atoms with Crippen molar-refractivity contribution in [3.63, 3.8) is 0 Å². The van der Waals surface area contributed by atoms with Crippen molar-refractivity contribution in [2.75, 3.05) is 0 Å². The summed E-state index contributed by atoms with van der Waals surface area (Å²) >= 11 is 0. The number of hydrogen-bond acceptors (Lipinski definition) is 5. The number of rotatable bonds is 11. The number of carbonyl (C=O) groups excluding carboxylic acids is 1. The summed E-state index contributed by atoms with van der Waals surface area (Å²) < 4.78 is 5.69. The van der Waals surface area contributed by atoms with Crippen molar-refractivity contribution >= 4 is 27.7 Å². The molecule has 1 radical (unpaired) electrons. The van der Waals surface area contributed by atoms with Crippen molar-refractivity contribution in [1.29, 1.82) is 0 Å². The van der Waals surface area contributed by atoms with E-state index < -0.39 is 0 Å². The Morgan fingerprint density at radius 3 is 2.12 bits per heavy atom. The Morgan fingerprint density at radius 2 is 1.51 bits per heavy atom. The van der Waals surface area contributed by atoms with Gasteiger partial charge in [0.2, 0.25) is 5.71 Å². The Morgan fingerprint density at radius 1 is 0.863 bits per heavy atom. The number of allylic oxidation sites excluding steroid dienone is 2. The number of nitrogens with zero attached hydrogens (tertiary/aromatic N) is 2. The monoisotopic (exact) mass is 866 g/mol. The SMILES string of the molecule is CC(C)Cc1cc(-c2ccnc(-c3[c-]c4ccccc4c(C(C)(C)C)c3)c2)nc2occc12.CCC(C)(CC)C(=O)/C=C(\O)C(C)(CC)CC.[Ir].